The van der Waals surface area contributed by atoms with E-state index in [0.717, 1.165) is 5.56 Å². The predicted octanol–water partition coefficient (Wildman–Crippen LogP) is 4.45. The molecule has 33 heavy (non-hydrogen) atoms. The van der Waals surface area contributed by atoms with E-state index in [4.69, 9.17) is 16.3 Å². The van der Waals surface area contributed by atoms with Crippen molar-refractivity contribution in [1.29, 1.82) is 0 Å². The minimum atomic E-state index is -0.630. The fourth-order valence-corrected chi connectivity index (χ4v) is 3.32. The van der Waals surface area contributed by atoms with Crippen LogP contribution in [0.3, 0.4) is 0 Å². The summed E-state index contributed by atoms with van der Waals surface area (Å²) in [6.07, 6.45) is 1.01. The quantitative estimate of drug-likeness (QED) is 0.485. The van der Waals surface area contributed by atoms with Crippen molar-refractivity contribution in [3.8, 4) is 11.3 Å². The number of aromatic amines is 1. The fraction of sp³-hybridized carbons (Fsp3) is 0.364. The van der Waals surface area contributed by atoms with Crippen LogP contribution in [0.25, 0.3) is 11.3 Å². The first kappa shape index (κ1) is 24.1. The van der Waals surface area contributed by atoms with Gasteiger partial charge < -0.3 is 19.8 Å². The summed E-state index contributed by atoms with van der Waals surface area (Å²) in [5, 5.41) is 10.2. The summed E-state index contributed by atoms with van der Waals surface area (Å²) in [6, 6.07) is 8.34. The molecule has 2 aromatic heterocycles. The van der Waals surface area contributed by atoms with Crippen molar-refractivity contribution in [2.75, 3.05) is 12.4 Å². The highest BCUT2D eigenvalue weighted by atomic mass is 35.5. The molecule has 3 N–H and O–H groups in total. The molecule has 1 aromatic carbocycles. The van der Waals surface area contributed by atoms with E-state index in [0.29, 0.717) is 34.5 Å². The summed E-state index contributed by atoms with van der Waals surface area (Å²) in [5.74, 6) is 0.568. The number of carbonyl (C=O) groups excluding carboxylic acids is 2. The van der Waals surface area contributed by atoms with Crippen LogP contribution in [0.5, 0.6) is 0 Å². The molecule has 0 bridgehead atoms. The molecule has 0 spiro atoms. The van der Waals surface area contributed by atoms with Crippen molar-refractivity contribution in [1.82, 2.24) is 25.1 Å². The topological polar surface area (TPSA) is 123 Å². The van der Waals surface area contributed by atoms with Crippen molar-refractivity contribution < 1.29 is 19.1 Å². The van der Waals surface area contributed by atoms with Crippen LogP contribution in [0.1, 0.15) is 38.3 Å². The molecule has 3 aromatic rings. The molecule has 176 valence electrons. The number of hydrogen-bond donors (Lipinski definition) is 3. The van der Waals surface area contributed by atoms with Crippen molar-refractivity contribution in [3.05, 3.63) is 53.2 Å². The maximum atomic E-state index is 12.4. The summed E-state index contributed by atoms with van der Waals surface area (Å²) in [5.41, 5.74) is 1.92. The number of nitrogens with zero attached hydrogens (tertiary/aromatic N) is 3. The zero-order chi connectivity index (χ0) is 24.2. The van der Waals surface area contributed by atoms with Gasteiger partial charge in [0.2, 0.25) is 0 Å². The maximum Gasteiger partial charge on any atom is 0.411 e. The van der Waals surface area contributed by atoms with Crippen LogP contribution >= 0.6 is 11.6 Å². The van der Waals surface area contributed by atoms with E-state index in [1.54, 1.807) is 63.0 Å². The van der Waals surface area contributed by atoms with Gasteiger partial charge in [0.1, 0.15) is 22.3 Å². The molecule has 0 radical (unpaired) electrons. The minimum Gasteiger partial charge on any atom is -0.453 e. The molecule has 1 atom stereocenters. The highest BCUT2D eigenvalue weighted by molar-refractivity contribution is 6.31. The van der Waals surface area contributed by atoms with Gasteiger partial charge >= 0.3 is 12.2 Å². The molecule has 0 aliphatic rings. The lowest BCUT2D eigenvalue weighted by atomic mass is 10.1. The predicted molar refractivity (Wildman–Crippen MR) is 124 cm³/mol. The average molecular weight is 475 g/mol. The van der Waals surface area contributed by atoms with Crippen molar-refractivity contribution in [2.45, 2.75) is 38.8 Å². The molecular weight excluding hydrogens is 448 g/mol. The van der Waals surface area contributed by atoms with Crippen LogP contribution in [0.4, 0.5) is 15.3 Å². The molecule has 2 amide bonds. The number of alkyl carbamates (subject to hydrolysis) is 1. The fourth-order valence-electron chi connectivity index (χ4n) is 3.06. The zero-order valence-corrected chi connectivity index (χ0v) is 19.9. The number of benzene rings is 1. The molecule has 10 nitrogen and oxygen atoms in total. The van der Waals surface area contributed by atoms with E-state index in [1.807, 2.05) is 6.07 Å². The summed E-state index contributed by atoms with van der Waals surface area (Å²) in [4.78, 5) is 31.4. The standard InChI is InChI=1S/C22H27ClN6O4/c1-22(2,3)33-21(31)25-16(15-10-11-29(4)28-15)12-17-26-18(19(23)27-17)13-6-8-14(9-7-13)24-20(30)32-5/h6-11,16H,12H2,1-5H3,(H,24,30)(H,25,31)(H,26,27)/t16-/m0/s1. The van der Waals surface area contributed by atoms with E-state index in [1.165, 1.54) is 7.11 Å². The molecule has 0 aliphatic heterocycles. The molecule has 3 rings (SSSR count). The molecule has 11 heteroatoms. The van der Waals surface area contributed by atoms with E-state index < -0.39 is 23.8 Å². The number of H-pyrrole nitrogens is 1. The van der Waals surface area contributed by atoms with Gasteiger partial charge in [-0.25, -0.2) is 14.6 Å². The Morgan fingerprint density at radius 1 is 1.18 bits per heavy atom. The number of nitrogens with one attached hydrogen (secondary N) is 3. The van der Waals surface area contributed by atoms with E-state index in [2.05, 4.69) is 30.4 Å². The lowest BCUT2D eigenvalue weighted by Crippen LogP contribution is -2.36. The molecule has 0 fully saturated rings. The number of hydrogen-bond acceptors (Lipinski definition) is 6. The van der Waals surface area contributed by atoms with Gasteiger partial charge in [0.05, 0.1) is 18.8 Å². The van der Waals surface area contributed by atoms with E-state index in [9.17, 15) is 9.59 Å². The van der Waals surface area contributed by atoms with Gasteiger partial charge in [-0.1, -0.05) is 23.7 Å². The van der Waals surface area contributed by atoms with E-state index in [-0.39, 0.29) is 0 Å². The molecular formula is C22H27ClN6O4. The lowest BCUT2D eigenvalue weighted by molar-refractivity contribution is 0.0501. The van der Waals surface area contributed by atoms with Gasteiger partial charge in [0.15, 0.2) is 0 Å². The maximum absolute atomic E-state index is 12.4. The van der Waals surface area contributed by atoms with Gasteiger partial charge in [-0.05, 0) is 39.0 Å². The smallest absolute Gasteiger partial charge is 0.411 e. The Bertz CT molecular complexity index is 1120. The van der Waals surface area contributed by atoms with Gasteiger partial charge in [-0.3, -0.25) is 10.00 Å². The molecule has 0 unspecified atom stereocenters. The van der Waals surface area contributed by atoms with Crippen molar-refractivity contribution >= 4 is 29.5 Å². The monoisotopic (exact) mass is 474 g/mol. The Hall–Kier alpha value is -3.53. The summed E-state index contributed by atoms with van der Waals surface area (Å²) >= 11 is 6.41. The van der Waals surface area contributed by atoms with Crippen LogP contribution in [-0.2, 0) is 22.9 Å². The lowest BCUT2D eigenvalue weighted by Gasteiger charge is -2.22. The number of anilines is 1. The summed E-state index contributed by atoms with van der Waals surface area (Å²) < 4.78 is 11.6. The Kier molecular flexibility index (Phi) is 7.27. The van der Waals surface area contributed by atoms with Crippen molar-refractivity contribution in [2.24, 2.45) is 7.05 Å². The second kappa shape index (κ2) is 9.95. The average Bonchev–Trinajstić information content (AvgIpc) is 3.32. The third-order valence-electron chi connectivity index (χ3n) is 4.48. The van der Waals surface area contributed by atoms with Gasteiger partial charge in [-0.2, -0.15) is 5.10 Å². The number of aryl methyl sites for hydroxylation is 1. The summed E-state index contributed by atoms with van der Waals surface area (Å²) in [6.45, 7) is 5.40. The minimum absolute atomic E-state index is 0.317. The zero-order valence-electron chi connectivity index (χ0n) is 19.1. The Labute approximate surface area is 196 Å². The number of aromatic nitrogens is 4. The van der Waals surface area contributed by atoms with Crippen LogP contribution in [-0.4, -0.2) is 44.6 Å². The number of methoxy groups -OCH3 is 1. The third kappa shape index (κ3) is 6.72. The van der Waals surface area contributed by atoms with Gasteiger partial charge in [-0.15, -0.1) is 0 Å². The van der Waals surface area contributed by atoms with Crippen LogP contribution in [0, 0.1) is 0 Å². The molecule has 0 saturated carbocycles. The van der Waals surface area contributed by atoms with Crippen LogP contribution < -0.4 is 10.6 Å². The number of imidazole rings is 1. The Morgan fingerprint density at radius 3 is 2.45 bits per heavy atom. The highest BCUT2D eigenvalue weighted by Crippen LogP contribution is 2.28. The Balaban J connectivity index is 1.79. The van der Waals surface area contributed by atoms with Crippen LogP contribution in [0.15, 0.2) is 36.5 Å². The second-order valence-electron chi connectivity index (χ2n) is 8.36. The number of amides is 2. The second-order valence-corrected chi connectivity index (χ2v) is 8.74. The first-order valence-corrected chi connectivity index (χ1v) is 10.6. The van der Waals surface area contributed by atoms with Crippen LogP contribution in [0.2, 0.25) is 5.15 Å². The SMILES string of the molecule is COC(=O)Nc1ccc(-c2nc(C[C@H](NC(=O)OC(C)(C)C)c3ccn(C)n3)[nH]c2Cl)cc1. The first-order chi connectivity index (χ1) is 15.5. The van der Waals surface area contributed by atoms with Crippen molar-refractivity contribution in [3.63, 3.8) is 0 Å². The molecule has 2 heterocycles. The largest absolute Gasteiger partial charge is 0.453 e. The Morgan fingerprint density at radius 2 is 1.88 bits per heavy atom. The highest BCUT2D eigenvalue weighted by Gasteiger charge is 2.24. The first-order valence-electron chi connectivity index (χ1n) is 10.2. The van der Waals surface area contributed by atoms with Gasteiger partial charge in [0, 0.05) is 30.9 Å². The normalized spacial score (nSPS) is 12.2. The molecule has 0 aliphatic carbocycles. The number of carbonyl (C=O) groups is 2. The number of halogens is 1. The van der Waals surface area contributed by atoms with Gasteiger partial charge in [0.25, 0.3) is 0 Å². The number of ether oxygens (including phenoxy) is 2. The summed E-state index contributed by atoms with van der Waals surface area (Å²) in [7, 11) is 3.10. The molecule has 0 saturated heterocycles. The number of rotatable bonds is 6. The van der Waals surface area contributed by atoms with E-state index >= 15 is 0 Å². The third-order valence-corrected chi connectivity index (χ3v) is 4.75.